The van der Waals surface area contributed by atoms with Crippen LogP contribution in [0.1, 0.15) is 29.6 Å². The van der Waals surface area contributed by atoms with Gasteiger partial charge in [-0.1, -0.05) is 6.08 Å². The summed E-state index contributed by atoms with van der Waals surface area (Å²) >= 11 is 1.81. The summed E-state index contributed by atoms with van der Waals surface area (Å²) in [4.78, 5) is 12.4. The van der Waals surface area contributed by atoms with E-state index in [9.17, 15) is 4.79 Å². The molecule has 2 nitrogen and oxygen atoms in total. The molecule has 0 unspecified atom stereocenters. The van der Waals surface area contributed by atoms with Crippen molar-refractivity contribution in [2.24, 2.45) is 0 Å². The van der Waals surface area contributed by atoms with Crippen molar-refractivity contribution < 1.29 is 9.53 Å². The van der Waals surface area contributed by atoms with Crippen molar-refractivity contribution >= 4 is 17.7 Å². The third-order valence-corrected chi connectivity index (χ3v) is 3.45. The molecule has 0 amide bonds. The number of ether oxygens (including phenoxy) is 1. The number of methoxy groups -OCH3 is 1. The standard InChI is InChI=1S/C14H18O2S/c1-3-4-5-6-11-17-13-9-7-12(8-10-13)14(15)16-2/h3,7-10H,1,4-6,11H2,2H3. The molecule has 0 saturated carbocycles. The van der Waals surface area contributed by atoms with Crippen LogP contribution in [0.15, 0.2) is 41.8 Å². The maximum atomic E-state index is 11.2. The summed E-state index contributed by atoms with van der Waals surface area (Å²) in [5, 5.41) is 0. The van der Waals surface area contributed by atoms with Crippen LogP contribution in [0.5, 0.6) is 0 Å². The lowest BCUT2D eigenvalue weighted by molar-refractivity contribution is 0.0600. The monoisotopic (exact) mass is 250 g/mol. The van der Waals surface area contributed by atoms with Gasteiger partial charge in [-0.2, -0.15) is 0 Å². The maximum absolute atomic E-state index is 11.2. The summed E-state index contributed by atoms with van der Waals surface area (Å²) in [6.07, 6.45) is 5.42. The van der Waals surface area contributed by atoms with Gasteiger partial charge in [0, 0.05) is 4.90 Å². The van der Waals surface area contributed by atoms with Gasteiger partial charge < -0.3 is 4.74 Å². The number of hydrogen-bond donors (Lipinski definition) is 0. The van der Waals surface area contributed by atoms with Crippen molar-refractivity contribution in [1.29, 1.82) is 0 Å². The van der Waals surface area contributed by atoms with Crippen LogP contribution in [0.4, 0.5) is 0 Å². The van der Waals surface area contributed by atoms with Crippen LogP contribution in [0.25, 0.3) is 0 Å². The molecule has 0 aliphatic heterocycles. The number of hydrogen-bond acceptors (Lipinski definition) is 3. The molecule has 0 bridgehead atoms. The van der Waals surface area contributed by atoms with E-state index in [2.05, 4.69) is 11.3 Å². The molecule has 0 fully saturated rings. The minimum absolute atomic E-state index is 0.285. The van der Waals surface area contributed by atoms with E-state index >= 15 is 0 Å². The van der Waals surface area contributed by atoms with Crippen LogP contribution in [0.2, 0.25) is 0 Å². The molecule has 0 aromatic heterocycles. The molecular formula is C14H18O2S. The Morgan fingerprint density at radius 1 is 1.35 bits per heavy atom. The van der Waals surface area contributed by atoms with Crippen molar-refractivity contribution in [3.63, 3.8) is 0 Å². The van der Waals surface area contributed by atoms with Gasteiger partial charge in [0.15, 0.2) is 0 Å². The van der Waals surface area contributed by atoms with Gasteiger partial charge in [0.1, 0.15) is 0 Å². The zero-order valence-electron chi connectivity index (χ0n) is 10.1. The first-order valence-corrected chi connectivity index (χ1v) is 6.68. The van der Waals surface area contributed by atoms with E-state index in [1.54, 1.807) is 12.1 Å². The summed E-state index contributed by atoms with van der Waals surface area (Å²) in [7, 11) is 1.39. The van der Waals surface area contributed by atoms with Gasteiger partial charge in [0.05, 0.1) is 12.7 Å². The average molecular weight is 250 g/mol. The lowest BCUT2D eigenvalue weighted by atomic mass is 10.2. The van der Waals surface area contributed by atoms with Crippen LogP contribution in [-0.2, 0) is 4.74 Å². The van der Waals surface area contributed by atoms with E-state index in [1.807, 2.05) is 30.0 Å². The van der Waals surface area contributed by atoms with Gasteiger partial charge in [-0.3, -0.25) is 0 Å². The summed E-state index contributed by atoms with van der Waals surface area (Å²) in [5.41, 5.74) is 0.600. The maximum Gasteiger partial charge on any atom is 0.337 e. The Morgan fingerprint density at radius 3 is 2.65 bits per heavy atom. The molecule has 0 heterocycles. The van der Waals surface area contributed by atoms with Crippen LogP contribution in [0, 0.1) is 0 Å². The molecule has 0 aliphatic rings. The molecule has 3 heteroatoms. The molecule has 92 valence electrons. The number of benzene rings is 1. The van der Waals surface area contributed by atoms with Gasteiger partial charge in [0.2, 0.25) is 0 Å². The molecule has 17 heavy (non-hydrogen) atoms. The molecule has 0 radical (unpaired) electrons. The second kappa shape index (κ2) is 7.96. The Balaban J connectivity index is 2.35. The average Bonchev–Trinajstić information content (AvgIpc) is 2.38. The van der Waals surface area contributed by atoms with Crippen LogP contribution in [0.3, 0.4) is 0 Å². The highest BCUT2D eigenvalue weighted by Gasteiger charge is 2.04. The molecule has 1 aromatic carbocycles. The number of allylic oxidation sites excluding steroid dienone is 1. The fourth-order valence-corrected chi connectivity index (χ4v) is 2.30. The van der Waals surface area contributed by atoms with Crippen molar-refractivity contribution in [3.05, 3.63) is 42.5 Å². The van der Waals surface area contributed by atoms with Crippen LogP contribution in [-0.4, -0.2) is 18.8 Å². The van der Waals surface area contributed by atoms with E-state index in [1.165, 1.54) is 24.8 Å². The minimum Gasteiger partial charge on any atom is -0.465 e. The first-order chi connectivity index (χ1) is 8.27. The highest BCUT2D eigenvalue weighted by Crippen LogP contribution is 2.20. The summed E-state index contributed by atoms with van der Waals surface area (Å²) in [6, 6.07) is 7.53. The molecule has 0 spiro atoms. The lowest BCUT2D eigenvalue weighted by Crippen LogP contribution is -2.00. The van der Waals surface area contributed by atoms with Gasteiger partial charge >= 0.3 is 5.97 Å². The number of esters is 1. The predicted octanol–water partition coefficient (Wildman–Crippen LogP) is 3.92. The normalized spacial score (nSPS) is 9.94. The van der Waals surface area contributed by atoms with Crippen LogP contribution < -0.4 is 0 Å². The number of unbranched alkanes of at least 4 members (excludes halogenated alkanes) is 2. The van der Waals surface area contributed by atoms with E-state index in [0.29, 0.717) is 5.56 Å². The summed E-state index contributed by atoms with van der Waals surface area (Å²) in [6.45, 7) is 3.70. The molecule has 0 saturated heterocycles. The van der Waals surface area contributed by atoms with Gasteiger partial charge in [0.25, 0.3) is 0 Å². The summed E-state index contributed by atoms with van der Waals surface area (Å²) < 4.78 is 4.65. The number of carbonyl (C=O) groups excluding carboxylic acids is 1. The first-order valence-electron chi connectivity index (χ1n) is 5.70. The Morgan fingerprint density at radius 2 is 2.06 bits per heavy atom. The molecule has 0 aliphatic carbocycles. The first kappa shape index (κ1) is 13.8. The Labute approximate surface area is 107 Å². The van der Waals surface area contributed by atoms with Gasteiger partial charge in [-0.15, -0.1) is 18.3 Å². The van der Waals surface area contributed by atoms with Gasteiger partial charge in [-0.25, -0.2) is 4.79 Å². The molecular weight excluding hydrogens is 232 g/mol. The fourth-order valence-electron chi connectivity index (χ4n) is 1.39. The third kappa shape index (κ3) is 5.09. The zero-order chi connectivity index (χ0) is 12.5. The fraction of sp³-hybridized carbons (Fsp3) is 0.357. The predicted molar refractivity (Wildman–Crippen MR) is 72.6 cm³/mol. The number of carbonyl (C=O) groups is 1. The second-order valence-corrected chi connectivity index (χ2v) is 4.82. The largest absolute Gasteiger partial charge is 0.465 e. The molecule has 1 rings (SSSR count). The number of thioether (sulfide) groups is 1. The quantitative estimate of drug-likeness (QED) is 0.317. The highest BCUT2D eigenvalue weighted by molar-refractivity contribution is 7.99. The summed E-state index contributed by atoms with van der Waals surface area (Å²) in [5.74, 6) is 0.818. The zero-order valence-corrected chi connectivity index (χ0v) is 11.0. The Hall–Kier alpha value is -1.22. The smallest absolute Gasteiger partial charge is 0.337 e. The van der Waals surface area contributed by atoms with E-state index < -0.39 is 0 Å². The second-order valence-electron chi connectivity index (χ2n) is 3.65. The lowest BCUT2D eigenvalue weighted by Gasteiger charge is -2.02. The number of rotatable bonds is 7. The topological polar surface area (TPSA) is 26.3 Å². The Kier molecular flexibility index (Phi) is 6.48. The third-order valence-electron chi connectivity index (χ3n) is 2.35. The van der Waals surface area contributed by atoms with E-state index in [0.717, 1.165) is 12.2 Å². The van der Waals surface area contributed by atoms with Crippen molar-refractivity contribution in [1.82, 2.24) is 0 Å². The van der Waals surface area contributed by atoms with Crippen LogP contribution >= 0.6 is 11.8 Å². The van der Waals surface area contributed by atoms with Crippen molar-refractivity contribution in [2.75, 3.05) is 12.9 Å². The SMILES string of the molecule is C=CCCCCSc1ccc(C(=O)OC)cc1. The highest BCUT2D eigenvalue weighted by atomic mass is 32.2. The Bertz CT molecular complexity index is 357. The van der Waals surface area contributed by atoms with Crippen molar-refractivity contribution in [2.45, 2.75) is 24.2 Å². The minimum atomic E-state index is -0.285. The van der Waals surface area contributed by atoms with Crippen molar-refractivity contribution in [3.8, 4) is 0 Å². The molecule has 0 N–H and O–H groups in total. The van der Waals surface area contributed by atoms with E-state index in [-0.39, 0.29) is 5.97 Å². The molecule has 1 aromatic rings. The van der Waals surface area contributed by atoms with E-state index in [4.69, 9.17) is 0 Å². The molecule has 0 atom stereocenters. The van der Waals surface area contributed by atoms with Gasteiger partial charge in [-0.05, 0) is 49.3 Å².